The van der Waals surface area contributed by atoms with Gasteiger partial charge in [-0.3, -0.25) is 19.0 Å². The fraction of sp³-hybridized carbons (Fsp3) is 0.200. The number of piperidine rings is 1. The molecule has 4 aliphatic rings. The normalized spacial score (nSPS) is 27.4. The molecule has 7 rings (SSSR count). The molecule has 7 heteroatoms. The van der Waals surface area contributed by atoms with Gasteiger partial charge in [0.1, 0.15) is 23.3 Å². The fourth-order valence-corrected chi connectivity index (χ4v) is 4.87. The van der Waals surface area contributed by atoms with Crippen molar-refractivity contribution >= 4 is 28.4 Å². The van der Waals surface area contributed by atoms with E-state index in [1.54, 1.807) is 18.2 Å². The molecular formula is C20H14N4O3. The van der Waals surface area contributed by atoms with Crippen molar-refractivity contribution in [2.75, 3.05) is 5.32 Å². The number of carbonyl (C=O) groups is 2. The lowest BCUT2D eigenvalue weighted by atomic mass is 9.65. The standard InChI is InChI=1S/C20H14N4O3/c25-17-14-9-20(11-6-2-4-8-13(11)22-19(20)27)15(23-17)16-21-12-7-3-1-5-10(12)18(26)24(14)16/h1-8,14-15H,9H2,(H,22,27)(H,23,25)/t14-,15?,20?/m1/s1. The quantitative estimate of drug-likeness (QED) is 0.635. The first-order valence-corrected chi connectivity index (χ1v) is 8.84. The number of carbonyl (C=O) groups excluding carboxylic acids is 2. The van der Waals surface area contributed by atoms with Crippen molar-refractivity contribution in [1.29, 1.82) is 0 Å². The Morgan fingerprint density at radius 3 is 2.70 bits per heavy atom. The van der Waals surface area contributed by atoms with Gasteiger partial charge in [-0.25, -0.2) is 4.98 Å². The van der Waals surface area contributed by atoms with E-state index in [4.69, 9.17) is 0 Å². The van der Waals surface area contributed by atoms with Crippen LogP contribution < -0.4 is 16.2 Å². The van der Waals surface area contributed by atoms with Gasteiger partial charge in [-0.1, -0.05) is 30.3 Å². The molecule has 0 aliphatic carbocycles. The van der Waals surface area contributed by atoms with Crippen LogP contribution in [-0.2, 0) is 15.0 Å². The molecule has 3 atom stereocenters. The van der Waals surface area contributed by atoms with Crippen molar-refractivity contribution in [3.63, 3.8) is 0 Å². The van der Waals surface area contributed by atoms with Crippen LogP contribution in [0, 0.1) is 0 Å². The van der Waals surface area contributed by atoms with E-state index in [1.807, 2.05) is 30.3 Å². The minimum atomic E-state index is -0.947. The molecule has 2 bridgehead atoms. The third-order valence-electron chi connectivity index (χ3n) is 6.06. The first-order chi connectivity index (χ1) is 13.1. The molecule has 27 heavy (non-hydrogen) atoms. The molecule has 0 radical (unpaired) electrons. The van der Waals surface area contributed by atoms with Gasteiger partial charge in [-0.15, -0.1) is 0 Å². The molecule has 2 unspecified atom stereocenters. The number of amides is 2. The SMILES string of the molecule is O=C1NC2c3nc4ccccc4c(=O)n3[C@@H]1CC21C(=O)Nc2ccccc21. The molecule has 5 heterocycles. The zero-order valence-corrected chi connectivity index (χ0v) is 14.1. The van der Waals surface area contributed by atoms with E-state index in [0.717, 1.165) is 11.3 Å². The van der Waals surface area contributed by atoms with E-state index in [1.165, 1.54) is 4.57 Å². The number of para-hydroxylation sites is 2. The lowest BCUT2D eigenvalue weighted by molar-refractivity contribution is -0.136. The Hall–Kier alpha value is -3.48. The number of nitrogens with zero attached hydrogens (tertiary/aromatic N) is 2. The third-order valence-corrected chi connectivity index (χ3v) is 6.06. The second kappa shape index (κ2) is 4.62. The van der Waals surface area contributed by atoms with Crippen molar-refractivity contribution in [1.82, 2.24) is 14.9 Å². The summed E-state index contributed by atoms with van der Waals surface area (Å²) in [5.41, 5.74) is 0.980. The van der Waals surface area contributed by atoms with Crippen LogP contribution in [0.1, 0.15) is 29.9 Å². The predicted octanol–water partition coefficient (Wildman–Crippen LogP) is 1.40. The van der Waals surface area contributed by atoms with Crippen LogP contribution in [0.4, 0.5) is 5.69 Å². The minimum Gasteiger partial charge on any atom is -0.343 e. The monoisotopic (exact) mass is 358 g/mol. The smallest absolute Gasteiger partial charge is 0.262 e. The zero-order chi connectivity index (χ0) is 18.3. The van der Waals surface area contributed by atoms with Crippen LogP contribution in [-0.4, -0.2) is 21.4 Å². The first-order valence-electron chi connectivity index (χ1n) is 8.84. The van der Waals surface area contributed by atoms with Crippen molar-refractivity contribution in [2.24, 2.45) is 0 Å². The number of hydrogen-bond acceptors (Lipinski definition) is 4. The summed E-state index contributed by atoms with van der Waals surface area (Å²) >= 11 is 0. The van der Waals surface area contributed by atoms with E-state index in [9.17, 15) is 14.4 Å². The lowest BCUT2D eigenvalue weighted by Gasteiger charge is -2.48. The van der Waals surface area contributed by atoms with E-state index >= 15 is 0 Å². The maximum atomic E-state index is 13.1. The number of anilines is 1. The number of nitrogens with one attached hydrogen (secondary N) is 2. The summed E-state index contributed by atoms with van der Waals surface area (Å²) in [4.78, 5) is 43.5. The van der Waals surface area contributed by atoms with Crippen LogP contribution in [0.5, 0.6) is 0 Å². The van der Waals surface area contributed by atoms with Crippen molar-refractivity contribution in [3.8, 4) is 0 Å². The highest BCUT2D eigenvalue weighted by Gasteiger charge is 2.62. The van der Waals surface area contributed by atoms with Crippen LogP contribution in [0.3, 0.4) is 0 Å². The molecule has 2 aromatic carbocycles. The average Bonchev–Trinajstić information content (AvgIpc) is 2.95. The maximum Gasteiger partial charge on any atom is 0.262 e. The van der Waals surface area contributed by atoms with Crippen LogP contribution >= 0.6 is 0 Å². The molecular weight excluding hydrogens is 344 g/mol. The highest BCUT2D eigenvalue weighted by Crippen LogP contribution is 2.55. The lowest BCUT2D eigenvalue weighted by Crippen LogP contribution is -2.63. The highest BCUT2D eigenvalue weighted by molar-refractivity contribution is 6.08. The highest BCUT2D eigenvalue weighted by atomic mass is 16.2. The summed E-state index contributed by atoms with van der Waals surface area (Å²) in [6.07, 6.45) is 0.249. The van der Waals surface area contributed by atoms with Crippen molar-refractivity contribution in [3.05, 3.63) is 70.3 Å². The van der Waals surface area contributed by atoms with Gasteiger partial charge in [-0.2, -0.15) is 0 Å². The molecule has 1 fully saturated rings. The van der Waals surface area contributed by atoms with Gasteiger partial charge in [0, 0.05) is 5.69 Å². The molecule has 132 valence electrons. The minimum absolute atomic E-state index is 0.160. The van der Waals surface area contributed by atoms with E-state index in [-0.39, 0.29) is 23.8 Å². The number of benzene rings is 2. The zero-order valence-electron chi connectivity index (χ0n) is 14.1. The molecule has 4 aliphatic heterocycles. The van der Waals surface area contributed by atoms with Crippen LogP contribution in [0.2, 0.25) is 0 Å². The Morgan fingerprint density at radius 1 is 1.04 bits per heavy atom. The second-order valence-corrected chi connectivity index (χ2v) is 7.29. The van der Waals surface area contributed by atoms with Gasteiger partial charge in [-0.05, 0) is 30.2 Å². The molecule has 1 spiro atoms. The Kier molecular flexibility index (Phi) is 2.51. The van der Waals surface area contributed by atoms with Gasteiger partial charge in [0.25, 0.3) is 5.56 Å². The molecule has 1 saturated heterocycles. The molecule has 7 nitrogen and oxygen atoms in total. The van der Waals surface area contributed by atoms with Gasteiger partial charge in [0.15, 0.2) is 0 Å². The Labute approximate surface area is 153 Å². The summed E-state index contributed by atoms with van der Waals surface area (Å²) in [6.45, 7) is 0. The summed E-state index contributed by atoms with van der Waals surface area (Å²) in [7, 11) is 0. The molecule has 3 aromatic rings. The largest absolute Gasteiger partial charge is 0.343 e. The topological polar surface area (TPSA) is 93.1 Å². The maximum absolute atomic E-state index is 13.1. The van der Waals surface area contributed by atoms with Gasteiger partial charge < -0.3 is 10.6 Å². The van der Waals surface area contributed by atoms with E-state index in [2.05, 4.69) is 15.6 Å². The summed E-state index contributed by atoms with van der Waals surface area (Å²) in [6, 6.07) is 13.1. The molecule has 0 saturated carbocycles. The number of hydrogen-bond donors (Lipinski definition) is 2. The van der Waals surface area contributed by atoms with Crippen LogP contribution in [0.15, 0.2) is 53.3 Å². The van der Waals surface area contributed by atoms with Crippen LogP contribution in [0.25, 0.3) is 10.9 Å². The summed E-state index contributed by atoms with van der Waals surface area (Å²) in [5.74, 6) is 0.0447. The number of aromatic nitrogens is 2. The van der Waals surface area contributed by atoms with Crippen molar-refractivity contribution in [2.45, 2.75) is 23.9 Å². The molecule has 2 amide bonds. The Balaban J connectivity index is 1.69. The number of fused-ring (bicyclic) bond motifs is 3. The van der Waals surface area contributed by atoms with Gasteiger partial charge in [0.2, 0.25) is 11.8 Å². The third kappa shape index (κ3) is 1.58. The van der Waals surface area contributed by atoms with Crippen molar-refractivity contribution < 1.29 is 9.59 Å². The summed E-state index contributed by atoms with van der Waals surface area (Å²) < 4.78 is 1.48. The van der Waals surface area contributed by atoms with E-state index < -0.39 is 17.5 Å². The average molecular weight is 358 g/mol. The van der Waals surface area contributed by atoms with Gasteiger partial charge in [0.05, 0.1) is 10.9 Å². The molecule has 2 N–H and O–H groups in total. The molecule has 1 aromatic heterocycles. The Morgan fingerprint density at radius 2 is 1.81 bits per heavy atom. The number of rotatable bonds is 0. The van der Waals surface area contributed by atoms with E-state index in [0.29, 0.717) is 16.7 Å². The summed E-state index contributed by atoms with van der Waals surface area (Å²) in [5, 5.41) is 6.36. The second-order valence-electron chi connectivity index (χ2n) is 7.29. The predicted molar refractivity (Wildman–Crippen MR) is 97.3 cm³/mol. The fourth-order valence-electron chi connectivity index (χ4n) is 4.87. The first kappa shape index (κ1) is 14.7. The van der Waals surface area contributed by atoms with Gasteiger partial charge >= 0.3 is 0 Å². The Bertz CT molecular complexity index is 1250.